The Bertz CT molecular complexity index is 626. The van der Waals surface area contributed by atoms with Gasteiger partial charge in [0, 0.05) is 47.3 Å². The van der Waals surface area contributed by atoms with Gasteiger partial charge in [-0.15, -0.1) is 0 Å². The Kier molecular flexibility index (Phi) is 64.8. The van der Waals surface area contributed by atoms with E-state index in [-0.39, 0.29) is 27.2 Å². The molecule has 5 nitrogen and oxygen atoms in total. The van der Waals surface area contributed by atoms with Gasteiger partial charge in [0.25, 0.3) is 0 Å². The number of aliphatic hydroxyl groups excluding tert-OH is 2. The number of hydrogen-bond donors (Lipinski definition) is 2. The number of nitrogens with zero attached hydrogens (tertiary/aromatic N) is 1. The number of rotatable bonds is 41. The van der Waals surface area contributed by atoms with Crippen molar-refractivity contribution in [1.82, 2.24) is 4.90 Å². The van der Waals surface area contributed by atoms with Crippen LogP contribution in [0.2, 0.25) is 0 Å². The molecule has 0 saturated heterocycles. The Balaban J connectivity index is -0.000000346. The molecule has 0 spiro atoms. The van der Waals surface area contributed by atoms with Gasteiger partial charge in [-0.1, -0.05) is 182 Å². The molecule has 328 valence electrons. The number of ether oxygens (including phenoxy) is 1. The van der Waals surface area contributed by atoms with Crippen LogP contribution in [0.5, 0.6) is 0 Å². The SMILES string of the molecule is CCCCCCCCC(C=O)CCCCCC.CCCCCCCCC(O)CCCCCC.[CH2-]CCCCCN(CCCCO)CCCCCCOC.[W]. The zero-order valence-corrected chi connectivity index (χ0v) is 40.5. The summed E-state index contributed by atoms with van der Waals surface area (Å²) in [5.74, 6) is 0.345. The van der Waals surface area contributed by atoms with Crippen LogP contribution in [-0.4, -0.2) is 67.5 Å². The maximum Gasteiger partial charge on any atom is 0.123 e. The molecule has 2 unspecified atom stereocenters. The van der Waals surface area contributed by atoms with E-state index >= 15 is 0 Å². The van der Waals surface area contributed by atoms with Gasteiger partial charge in [-0.25, -0.2) is 0 Å². The molecule has 2 N–H and O–H groups in total. The third-order valence-electron chi connectivity index (χ3n) is 10.5. The Hall–Kier alpha value is 0.198. The fraction of sp³-hybridized carbons (Fsp3) is 0.958. The molecule has 2 atom stereocenters. The van der Waals surface area contributed by atoms with Crippen LogP contribution < -0.4 is 0 Å². The third kappa shape index (κ3) is 56.5. The number of unbranched alkanes of at least 4 members (excludes halogenated alkanes) is 23. The smallest absolute Gasteiger partial charge is 0.123 e. The van der Waals surface area contributed by atoms with Crippen molar-refractivity contribution < 1.29 is 40.8 Å². The predicted molar refractivity (Wildman–Crippen MR) is 236 cm³/mol. The van der Waals surface area contributed by atoms with Crippen molar-refractivity contribution in [3.8, 4) is 0 Å². The van der Waals surface area contributed by atoms with Crippen molar-refractivity contribution in [3.63, 3.8) is 0 Å². The number of methoxy groups -OCH3 is 1. The van der Waals surface area contributed by atoms with Crippen molar-refractivity contribution in [3.05, 3.63) is 6.92 Å². The van der Waals surface area contributed by atoms with E-state index in [0.717, 1.165) is 58.1 Å². The van der Waals surface area contributed by atoms with Gasteiger partial charge >= 0.3 is 0 Å². The number of aliphatic hydroxyl groups is 2. The number of aldehydes is 1. The molecule has 54 heavy (non-hydrogen) atoms. The van der Waals surface area contributed by atoms with Crippen molar-refractivity contribution >= 4 is 6.29 Å². The first kappa shape index (κ1) is 60.9. The van der Waals surface area contributed by atoms with Crippen LogP contribution in [0.25, 0.3) is 0 Å². The van der Waals surface area contributed by atoms with Crippen LogP contribution >= 0.6 is 0 Å². The summed E-state index contributed by atoms with van der Waals surface area (Å²) in [6, 6.07) is 0. The number of hydrogen-bond acceptors (Lipinski definition) is 5. The van der Waals surface area contributed by atoms with E-state index in [9.17, 15) is 9.90 Å². The summed E-state index contributed by atoms with van der Waals surface area (Å²) in [7, 11) is 1.77. The Morgan fingerprint density at radius 3 is 1.28 bits per heavy atom. The van der Waals surface area contributed by atoms with Crippen molar-refractivity contribution in [2.75, 3.05) is 40.0 Å². The van der Waals surface area contributed by atoms with Crippen LogP contribution in [-0.2, 0) is 30.6 Å². The molecule has 0 saturated carbocycles. The summed E-state index contributed by atoms with van der Waals surface area (Å²) in [4.78, 5) is 13.5. The third-order valence-corrected chi connectivity index (χ3v) is 10.5. The van der Waals surface area contributed by atoms with Crippen LogP contribution in [0.4, 0.5) is 0 Å². The van der Waals surface area contributed by atoms with E-state index in [1.807, 2.05) is 0 Å². The van der Waals surface area contributed by atoms with Crippen molar-refractivity contribution in [1.29, 1.82) is 0 Å². The fourth-order valence-electron chi connectivity index (χ4n) is 6.82. The van der Waals surface area contributed by atoms with Gasteiger partial charge in [-0.2, -0.15) is 6.42 Å². The first-order valence-electron chi connectivity index (χ1n) is 23.8. The van der Waals surface area contributed by atoms with E-state index < -0.39 is 0 Å². The van der Waals surface area contributed by atoms with E-state index in [2.05, 4.69) is 39.5 Å². The van der Waals surface area contributed by atoms with Gasteiger partial charge in [0.15, 0.2) is 0 Å². The first-order valence-corrected chi connectivity index (χ1v) is 23.8. The molecule has 0 amide bonds. The largest absolute Gasteiger partial charge is 0.396 e. The molecule has 0 fully saturated rings. The molecule has 0 bridgehead atoms. The van der Waals surface area contributed by atoms with Crippen molar-refractivity contribution in [2.24, 2.45) is 5.92 Å². The second kappa shape index (κ2) is 57.5. The maximum atomic E-state index is 10.9. The summed E-state index contributed by atoms with van der Waals surface area (Å²) in [5.41, 5.74) is 0. The maximum absolute atomic E-state index is 10.9. The quantitative estimate of drug-likeness (QED) is 0.0363. The molecule has 0 heterocycles. The van der Waals surface area contributed by atoms with Crippen LogP contribution in [0.1, 0.15) is 246 Å². The molecule has 6 heteroatoms. The summed E-state index contributed by atoms with van der Waals surface area (Å²) in [6.45, 7) is 17.6. The molecular weight excluding hydrogens is 838 g/mol. The molecule has 0 aromatic heterocycles. The van der Waals surface area contributed by atoms with E-state index in [1.165, 1.54) is 193 Å². The van der Waals surface area contributed by atoms with Gasteiger partial charge in [0.05, 0.1) is 6.10 Å². The summed E-state index contributed by atoms with van der Waals surface area (Å²) < 4.78 is 5.07. The van der Waals surface area contributed by atoms with Gasteiger partial charge in [-0.05, 0) is 77.4 Å². The average molecular weight is 939 g/mol. The van der Waals surface area contributed by atoms with Crippen LogP contribution in [0.3, 0.4) is 0 Å². The molecule has 0 aliphatic heterocycles. The normalized spacial score (nSPS) is 12.0. The minimum atomic E-state index is -0.0250. The summed E-state index contributed by atoms with van der Waals surface area (Å²) in [5, 5.41) is 18.6. The van der Waals surface area contributed by atoms with Gasteiger partial charge in [-0.3, -0.25) is 0 Å². The average Bonchev–Trinajstić information content (AvgIpc) is 3.17. The molecule has 0 rings (SSSR count). The number of carbonyl (C=O) groups excluding carboxylic acids is 1. The Labute approximate surface area is 355 Å². The summed E-state index contributed by atoms with van der Waals surface area (Å²) in [6.07, 6.45) is 43.7. The van der Waals surface area contributed by atoms with Crippen LogP contribution in [0, 0.1) is 12.8 Å². The first-order chi connectivity index (χ1) is 26.0. The second-order valence-corrected chi connectivity index (χ2v) is 16.0. The topological polar surface area (TPSA) is 70.0 Å². The fourth-order valence-corrected chi connectivity index (χ4v) is 6.82. The van der Waals surface area contributed by atoms with Crippen LogP contribution in [0.15, 0.2) is 0 Å². The second-order valence-electron chi connectivity index (χ2n) is 16.0. The predicted octanol–water partition coefficient (Wildman–Crippen LogP) is 14.3. The minimum absolute atomic E-state index is 0. The minimum Gasteiger partial charge on any atom is -0.396 e. The van der Waals surface area contributed by atoms with Gasteiger partial charge < -0.3 is 31.6 Å². The van der Waals surface area contributed by atoms with Gasteiger partial charge in [0.1, 0.15) is 6.29 Å². The van der Waals surface area contributed by atoms with E-state index in [4.69, 9.17) is 9.84 Å². The zero-order valence-electron chi connectivity index (χ0n) is 37.6. The zero-order chi connectivity index (χ0) is 39.7. The monoisotopic (exact) mass is 939 g/mol. The molecule has 0 aromatic carbocycles. The molecule has 0 aromatic rings. The van der Waals surface area contributed by atoms with Gasteiger partial charge in [0.2, 0.25) is 0 Å². The molecule has 0 aliphatic rings. The standard InChI is InChI=1S/C17H36NO2.C16H32O.C15H32O.W/c1-3-4-5-8-13-18(15-10-11-16-19)14-9-6-7-12-17-20-2;1-3-5-7-9-10-12-14-16(15-17)13-11-8-6-4-2;1-3-5-7-9-10-12-14-15(16)13-11-8-6-4-2;/h19H,1,3-17H2,2H3;15-16H,3-14H2,1-2H3;15-16H,3-14H2,1-2H3;/q-1;;;. The van der Waals surface area contributed by atoms with E-state index in [1.54, 1.807) is 7.11 Å². The Morgan fingerprint density at radius 1 is 0.519 bits per heavy atom. The molecule has 0 aliphatic carbocycles. The van der Waals surface area contributed by atoms with Crippen molar-refractivity contribution in [2.45, 2.75) is 252 Å². The Morgan fingerprint density at radius 2 is 0.870 bits per heavy atom. The number of carbonyl (C=O) groups is 1. The summed E-state index contributed by atoms with van der Waals surface area (Å²) >= 11 is 0. The molecule has 0 radical (unpaired) electrons. The van der Waals surface area contributed by atoms with E-state index in [0.29, 0.717) is 12.5 Å². The molecular formula is C48H100NO4W-.